The van der Waals surface area contributed by atoms with Gasteiger partial charge in [-0.3, -0.25) is 4.90 Å². The summed E-state index contributed by atoms with van der Waals surface area (Å²) in [6, 6.07) is 0.665. The average molecular weight is 211 g/mol. The zero-order chi connectivity index (χ0) is 11.2. The first-order valence-corrected chi connectivity index (χ1v) is 6.36. The molecule has 1 saturated carbocycles. The number of rotatable bonds is 1. The molecular formula is C13H25NO. The van der Waals surface area contributed by atoms with E-state index in [9.17, 15) is 0 Å². The number of fused-ring (bicyclic) bond motifs is 1. The highest BCUT2D eigenvalue weighted by molar-refractivity contribution is 5.00. The van der Waals surface area contributed by atoms with Crippen molar-refractivity contribution in [1.82, 2.24) is 4.90 Å². The largest absolute Gasteiger partial charge is 0.369 e. The molecule has 0 aromatic rings. The number of ether oxygens (including phenoxy) is 1. The van der Waals surface area contributed by atoms with Crippen molar-refractivity contribution in [1.29, 1.82) is 0 Å². The first-order chi connectivity index (χ1) is 6.94. The Morgan fingerprint density at radius 1 is 1.27 bits per heavy atom. The molecule has 1 aliphatic carbocycles. The van der Waals surface area contributed by atoms with Crippen LogP contribution in [0.3, 0.4) is 0 Å². The second kappa shape index (κ2) is 3.74. The van der Waals surface area contributed by atoms with Gasteiger partial charge < -0.3 is 4.74 Å². The molecular weight excluding hydrogens is 186 g/mol. The Bertz CT molecular complexity index is 239. The van der Waals surface area contributed by atoms with Crippen molar-refractivity contribution in [3.8, 4) is 0 Å². The molecule has 2 aliphatic rings. The Morgan fingerprint density at radius 3 is 2.53 bits per heavy atom. The Morgan fingerprint density at radius 2 is 1.93 bits per heavy atom. The Balaban J connectivity index is 2.21. The third-order valence-corrected chi connectivity index (χ3v) is 4.09. The quantitative estimate of drug-likeness (QED) is 0.661. The van der Waals surface area contributed by atoms with E-state index >= 15 is 0 Å². The lowest BCUT2D eigenvalue weighted by Gasteiger charge is -2.47. The van der Waals surface area contributed by atoms with Crippen molar-refractivity contribution < 1.29 is 4.74 Å². The summed E-state index contributed by atoms with van der Waals surface area (Å²) < 4.78 is 6.27. The second-order valence-corrected chi connectivity index (χ2v) is 6.09. The van der Waals surface area contributed by atoms with Gasteiger partial charge in [0.05, 0.1) is 11.7 Å². The van der Waals surface area contributed by atoms with E-state index in [4.69, 9.17) is 4.74 Å². The van der Waals surface area contributed by atoms with E-state index < -0.39 is 0 Å². The molecule has 2 heteroatoms. The average Bonchev–Trinajstić information content (AvgIpc) is 2.39. The molecule has 1 heterocycles. The third-order valence-electron chi connectivity index (χ3n) is 4.09. The molecule has 0 N–H and O–H groups in total. The molecule has 1 aliphatic heterocycles. The maximum Gasteiger partial charge on any atom is 0.0766 e. The minimum Gasteiger partial charge on any atom is -0.369 e. The van der Waals surface area contributed by atoms with Crippen LogP contribution in [-0.4, -0.2) is 35.7 Å². The van der Waals surface area contributed by atoms with Crippen LogP contribution in [0.25, 0.3) is 0 Å². The van der Waals surface area contributed by atoms with Gasteiger partial charge in [0.25, 0.3) is 0 Å². The zero-order valence-corrected chi connectivity index (χ0v) is 10.8. The van der Waals surface area contributed by atoms with Crippen LogP contribution in [0.15, 0.2) is 0 Å². The van der Waals surface area contributed by atoms with Crippen molar-refractivity contribution in [2.45, 2.75) is 58.8 Å². The van der Waals surface area contributed by atoms with Crippen LogP contribution in [0, 0.1) is 11.8 Å². The summed E-state index contributed by atoms with van der Waals surface area (Å²) in [5.74, 6) is 1.51. The molecule has 4 unspecified atom stereocenters. The molecule has 88 valence electrons. The van der Waals surface area contributed by atoms with E-state index in [1.807, 2.05) is 0 Å². The van der Waals surface area contributed by atoms with Crippen molar-refractivity contribution in [3.05, 3.63) is 0 Å². The third kappa shape index (κ3) is 1.94. The molecule has 2 nitrogen and oxygen atoms in total. The van der Waals surface area contributed by atoms with Crippen LogP contribution in [0.2, 0.25) is 0 Å². The Labute approximate surface area is 94.0 Å². The maximum absolute atomic E-state index is 6.27. The molecule has 2 fully saturated rings. The van der Waals surface area contributed by atoms with Gasteiger partial charge in [0.1, 0.15) is 0 Å². The molecule has 15 heavy (non-hydrogen) atoms. The van der Waals surface area contributed by atoms with Crippen molar-refractivity contribution in [3.63, 3.8) is 0 Å². The van der Waals surface area contributed by atoms with Crippen LogP contribution in [0.4, 0.5) is 0 Å². The predicted octanol–water partition coefficient (Wildman–Crippen LogP) is 2.53. The van der Waals surface area contributed by atoms with Gasteiger partial charge in [0.15, 0.2) is 0 Å². The number of hydrogen-bond donors (Lipinski definition) is 0. The first kappa shape index (κ1) is 11.4. The van der Waals surface area contributed by atoms with Crippen LogP contribution in [0.5, 0.6) is 0 Å². The van der Waals surface area contributed by atoms with Crippen LogP contribution >= 0.6 is 0 Å². The van der Waals surface area contributed by atoms with Crippen LogP contribution in [-0.2, 0) is 4.74 Å². The lowest BCUT2D eigenvalue weighted by Crippen LogP contribution is -2.59. The van der Waals surface area contributed by atoms with Gasteiger partial charge in [0, 0.05) is 12.6 Å². The standard InChI is InChI=1S/C13H25NO/c1-6-14-8-13(4,5)15-12-10(3)7-9(2)11(12)14/h9-12H,6-8H2,1-5H3. The van der Waals surface area contributed by atoms with Crippen molar-refractivity contribution >= 4 is 0 Å². The van der Waals surface area contributed by atoms with Gasteiger partial charge in [-0.25, -0.2) is 0 Å². The number of morpholine rings is 1. The zero-order valence-electron chi connectivity index (χ0n) is 10.8. The van der Waals surface area contributed by atoms with Gasteiger partial charge in [-0.05, 0) is 38.6 Å². The fourth-order valence-corrected chi connectivity index (χ4v) is 3.60. The minimum absolute atomic E-state index is 0.0372. The summed E-state index contributed by atoms with van der Waals surface area (Å²) >= 11 is 0. The van der Waals surface area contributed by atoms with E-state index in [1.165, 1.54) is 6.42 Å². The van der Waals surface area contributed by atoms with Crippen LogP contribution in [0.1, 0.15) is 41.0 Å². The van der Waals surface area contributed by atoms with E-state index in [2.05, 4.69) is 39.5 Å². The molecule has 0 aromatic heterocycles. The normalized spacial score (nSPS) is 45.4. The van der Waals surface area contributed by atoms with Gasteiger partial charge in [0.2, 0.25) is 0 Å². The highest BCUT2D eigenvalue weighted by Gasteiger charge is 2.49. The predicted molar refractivity (Wildman–Crippen MR) is 62.9 cm³/mol. The fraction of sp³-hybridized carbons (Fsp3) is 1.00. The molecule has 4 atom stereocenters. The summed E-state index contributed by atoms with van der Waals surface area (Å²) in [5, 5.41) is 0. The van der Waals surface area contributed by atoms with Crippen molar-refractivity contribution in [2.24, 2.45) is 11.8 Å². The van der Waals surface area contributed by atoms with Gasteiger partial charge in [-0.1, -0.05) is 20.8 Å². The van der Waals surface area contributed by atoms with E-state index in [0.717, 1.165) is 24.9 Å². The Kier molecular flexibility index (Phi) is 2.85. The van der Waals surface area contributed by atoms with Crippen molar-refractivity contribution in [2.75, 3.05) is 13.1 Å². The molecule has 0 amide bonds. The molecule has 0 radical (unpaired) electrons. The van der Waals surface area contributed by atoms with E-state index in [1.54, 1.807) is 0 Å². The summed E-state index contributed by atoms with van der Waals surface area (Å²) in [5.41, 5.74) is 0.0372. The highest BCUT2D eigenvalue weighted by atomic mass is 16.5. The minimum atomic E-state index is 0.0372. The Hall–Kier alpha value is -0.0800. The van der Waals surface area contributed by atoms with Gasteiger partial charge in [-0.2, -0.15) is 0 Å². The fourth-order valence-electron chi connectivity index (χ4n) is 3.60. The van der Waals surface area contributed by atoms with Gasteiger partial charge in [-0.15, -0.1) is 0 Å². The highest BCUT2D eigenvalue weighted by Crippen LogP contribution is 2.41. The van der Waals surface area contributed by atoms with E-state index in [0.29, 0.717) is 12.1 Å². The molecule has 1 saturated heterocycles. The van der Waals surface area contributed by atoms with Crippen LogP contribution < -0.4 is 0 Å². The first-order valence-electron chi connectivity index (χ1n) is 6.36. The summed E-state index contributed by atoms with van der Waals surface area (Å²) in [6.45, 7) is 13.7. The van der Waals surface area contributed by atoms with E-state index in [-0.39, 0.29) is 5.60 Å². The summed E-state index contributed by atoms with van der Waals surface area (Å²) in [4.78, 5) is 2.63. The van der Waals surface area contributed by atoms with Gasteiger partial charge >= 0.3 is 0 Å². The SMILES string of the molecule is CCN1CC(C)(C)OC2C(C)CC(C)C21. The summed E-state index contributed by atoms with van der Waals surface area (Å²) in [7, 11) is 0. The second-order valence-electron chi connectivity index (χ2n) is 6.09. The summed E-state index contributed by atoms with van der Waals surface area (Å²) in [6.07, 6.45) is 1.78. The topological polar surface area (TPSA) is 12.5 Å². The lowest BCUT2D eigenvalue weighted by atomic mass is 9.96. The number of likely N-dealkylation sites (N-methyl/N-ethyl adjacent to an activating group) is 1. The number of nitrogens with zero attached hydrogens (tertiary/aromatic N) is 1. The molecule has 0 spiro atoms. The maximum atomic E-state index is 6.27. The number of hydrogen-bond acceptors (Lipinski definition) is 2. The molecule has 2 rings (SSSR count). The monoisotopic (exact) mass is 211 g/mol. The smallest absolute Gasteiger partial charge is 0.0766 e. The molecule has 0 bridgehead atoms. The lowest BCUT2D eigenvalue weighted by molar-refractivity contribution is -0.168. The molecule has 0 aromatic carbocycles.